The summed E-state index contributed by atoms with van der Waals surface area (Å²) >= 11 is 3.16. The lowest BCUT2D eigenvalue weighted by molar-refractivity contribution is -0.116. The van der Waals surface area contributed by atoms with Crippen LogP contribution in [0.4, 0.5) is 14.5 Å². The molecule has 0 aliphatic rings. The minimum atomic E-state index is -0.521. The van der Waals surface area contributed by atoms with Crippen LogP contribution in [0.2, 0.25) is 0 Å². The lowest BCUT2D eigenvalue weighted by Crippen LogP contribution is -2.28. The van der Waals surface area contributed by atoms with Crippen LogP contribution in [0.15, 0.2) is 46.9 Å². The molecule has 0 radical (unpaired) electrons. The van der Waals surface area contributed by atoms with E-state index in [1.54, 1.807) is 0 Å². The zero-order valence-electron chi connectivity index (χ0n) is 11.9. The second-order valence-corrected chi connectivity index (χ2v) is 5.54. The summed E-state index contributed by atoms with van der Waals surface area (Å²) in [5, 5.41) is 5.11. The molecule has 23 heavy (non-hydrogen) atoms. The largest absolute Gasteiger partial charge is 0.351 e. The maximum atomic E-state index is 13.1. The first-order chi connectivity index (χ1) is 11.0. The third kappa shape index (κ3) is 5.14. The molecule has 0 aliphatic carbocycles. The maximum Gasteiger partial charge on any atom is 0.252 e. The first-order valence-corrected chi connectivity index (χ1v) is 7.53. The average molecular weight is 383 g/mol. The number of hydrogen-bond acceptors (Lipinski definition) is 2. The summed E-state index contributed by atoms with van der Waals surface area (Å²) in [6.07, 6.45) is 0.0377. The van der Waals surface area contributed by atoms with Crippen molar-refractivity contribution in [1.82, 2.24) is 5.32 Å². The maximum absolute atomic E-state index is 13.1. The molecule has 0 aromatic heterocycles. The average Bonchev–Trinajstić information content (AvgIpc) is 2.52. The summed E-state index contributed by atoms with van der Waals surface area (Å²) in [5.41, 5.74) is 0.625. The van der Waals surface area contributed by atoms with E-state index in [0.29, 0.717) is 10.2 Å². The number of benzene rings is 2. The number of amides is 2. The normalized spacial score (nSPS) is 10.2. The molecular weight excluding hydrogens is 370 g/mol. The zero-order valence-corrected chi connectivity index (χ0v) is 13.5. The summed E-state index contributed by atoms with van der Waals surface area (Å²) in [4.78, 5) is 23.6. The van der Waals surface area contributed by atoms with E-state index in [0.717, 1.165) is 6.07 Å². The predicted molar refractivity (Wildman–Crippen MR) is 86.1 cm³/mol. The van der Waals surface area contributed by atoms with Crippen LogP contribution >= 0.6 is 15.9 Å². The van der Waals surface area contributed by atoms with Crippen molar-refractivity contribution in [3.63, 3.8) is 0 Å². The third-order valence-electron chi connectivity index (χ3n) is 2.94. The first kappa shape index (κ1) is 17.1. The van der Waals surface area contributed by atoms with E-state index in [1.807, 2.05) is 0 Å². The van der Waals surface area contributed by atoms with Crippen molar-refractivity contribution in [3.8, 4) is 0 Å². The summed E-state index contributed by atoms with van der Waals surface area (Å²) in [6, 6.07) is 9.13. The van der Waals surface area contributed by atoms with Crippen LogP contribution < -0.4 is 10.6 Å². The predicted octanol–water partition coefficient (Wildman–Crippen LogP) is 3.49. The van der Waals surface area contributed by atoms with Gasteiger partial charge in [0, 0.05) is 23.1 Å². The van der Waals surface area contributed by atoms with Crippen LogP contribution in [-0.4, -0.2) is 18.4 Å². The Balaban J connectivity index is 1.82. The molecule has 2 aromatic carbocycles. The molecule has 2 amide bonds. The van der Waals surface area contributed by atoms with Crippen molar-refractivity contribution in [1.29, 1.82) is 0 Å². The molecule has 0 saturated heterocycles. The van der Waals surface area contributed by atoms with Gasteiger partial charge in [0.1, 0.15) is 11.6 Å². The van der Waals surface area contributed by atoms with Gasteiger partial charge in [-0.3, -0.25) is 9.59 Å². The van der Waals surface area contributed by atoms with Gasteiger partial charge in [-0.1, -0.05) is 0 Å². The van der Waals surface area contributed by atoms with Gasteiger partial charge in [-0.15, -0.1) is 0 Å². The summed E-state index contributed by atoms with van der Waals surface area (Å²) in [7, 11) is 0. The molecule has 0 unspecified atom stereocenters. The molecule has 4 nitrogen and oxygen atoms in total. The van der Waals surface area contributed by atoms with Crippen molar-refractivity contribution in [2.75, 3.05) is 11.9 Å². The highest BCUT2D eigenvalue weighted by Gasteiger charge is 2.11. The van der Waals surface area contributed by atoms with Gasteiger partial charge in [-0.05, 0) is 58.4 Å². The Morgan fingerprint density at radius 1 is 1.00 bits per heavy atom. The molecule has 0 aliphatic heterocycles. The number of carbonyl (C=O) groups excluding carboxylic acids is 2. The highest BCUT2D eigenvalue weighted by atomic mass is 79.9. The topological polar surface area (TPSA) is 58.2 Å². The molecule has 7 heteroatoms. The molecule has 120 valence electrons. The Bertz CT molecular complexity index is 721. The van der Waals surface area contributed by atoms with Gasteiger partial charge in [0.15, 0.2) is 0 Å². The Kier molecular flexibility index (Phi) is 5.81. The van der Waals surface area contributed by atoms with E-state index < -0.39 is 17.5 Å². The molecule has 0 fully saturated rings. The van der Waals surface area contributed by atoms with Crippen LogP contribution in [0.5, 0.6) is 0 Å². The summed E-state index contributed by atoms with van der Waals surface area (Å²) < 4.78 is 26.3. The third-order valence-corrected chi connectivity index (χ3v) is 3.63. The Hall–Kier alpha value is -2.28. The highest BCUT2D eigenvalue weighted by Crippen LogP contribution is 2.17. The lowest BCUT2D eigenvalue weighted by Gasteiger charge is -2.08. The Morgan fingerprint density at radius 3 is 2.35 bits per heavy atom. The number of anilines is 1. The van der Waals surface area contributed by atoms with Gasteiger partial charge in [-0.2, -0.15) is 0 Å². The molecule has 0 saturated carbocycles. The Morgan fingerprint density at radius 2 is 1.65 bits per heavy atom. The van der Waals surface area contributed by atoms with E-state index in [1.165, 1.54) is 36.4 Å². The fraction of sp³-hybridized carbons (Fsp3) is 0.125. The van der Waals surface area contributed by atoms with Crippen molar-refractivity contribution in [2.45, 2.75) is 6.42 Å². The van der Waals surface area contributed by atoms with Gasteiger partial charge >= 0.3 is 0 Å². The quantitative estimate of drug-likeness (QED) is 0.831. The van der Waals surface area contributed by atoms with E-state index in [4.69, 9.17) is 0 Å². The molecule has 0 spiro atoms. The standard InChI is InChI=1S/C16H13BrF2N2O2/c17-14-6-3-11(19)9-13(14)16(23)20-8-7-15(22)21-12-4-1-10(18)2-5-12/h1-6,9H,7-8H2,(H,20,23)(H,21,22). The minimum absolute atomic E-state index is 0.0377. The fourth-order valence-electron chi connectivity index (χ4n) is 1.81. The fourth-order valence-corrected chi connectivity index (χ4v) is 2.24. The molecule has 2 aromatic rings. The number of carbonyl (C=O) groups is 2. The monoisotopic (exact) mass is 382 g/mol. The van der Waals surface area contributed by atoms with Gasteiger partial charge in [0.25, 0.3) is 5.91 Å². The molecular formula is C16H13BrF2N2O2. The second kappa shape index (κ2) is 7.82. The van der Waals surface area contributed by atoms with Crippen LogP contribution in [0, 0.1) is 11.6 Å². The van der Waals surface area contributed by atoms with E-state index in [2.05, 4.69) is 26.6 Å². The molecule has 0 heterocycles. The minimum Gasteiger partial charge on any atom is -0.351 e. The molecule has 2 N–H and O–H groups in total. The van der Waals surface area contributed by atoms with E-state index in [9.17, 15) is 18.4 Å². The number of nitrogens with one attached hydrogen (secondary N) is 2. The van der Waals surface area contributed by atoms with Crippen molar-refractivity contribution >= 4 is 33.4 Å². The highest BCUT2D eigenvalue weighted by molar-refractivity contribution is 9.10. The van der Waals surface area contributed by atoms with Gasteiger partial charge in [-0.25, -0.2) is 8.78 Å². The molecule has 0 bridgehead atoms. The van der Waals surface area contributed by atoms with Crippen molar-refractivity contribution in [2.24, 2.45) is 0 Å². The van der Waals surface area contributed by atoms with Crippen LogP contribution in [0.25, 0.3) is 0 Å². The van der Waals surface area contributed by atoms with Gasteiger partial charge in [0.05, 0.1) is 5.56 Å². The number of rotatable bonds is 5. The number of hydrogen-bond donors (Lipinski definition) is 2. The van der Waals surface area contributed by atoms with Crippen LogP contribution in [-0.2, 0) is 4.79 Å². The van der Waals surface area contributed by atoms with E-state index in [-0.39, 0.29) is 24.4 Å². The van der Waals surface area contributed by atoms with Crippen molar-refractivity contribution in [3.05, 3.63) is 64.1 Å². The van der Waals surface area contributed by atoms with Gasteiger partial charge in [0.2, 0.25) is 5.91 Å². The molecule has 2 rings (SSSR count). The summed E-state index contributed by atoms with van der Waals surface area (Å²) in [5.74, 6) is -1.72. The van der Waals surface area contributed by atoms with Gasteiger partial charge < -0.3 is 10.6 Å². The number of halogens is 3. The van der Waals surface area contributed by atoms with Crippen molar-refractivity contribution < 1.29 is 18.4 Å². The SMILES string of the molecule is O=C(CCNC(=O)c1cc(F)ccc1Br)Nc1ccc(F)cc1. The second-order valence-electron chi connectivity index (χ2n) is 4.69. The van der Waals surface area contributed by atoms with E-state index >= 15 is 0 Å². The first-order valence-electron chi connectivity index (χ1n) is 6.74. The zero-order chi connectivity index (χ0) is 16.8. The molecule has 0 atom stereocenters. The Labute approximate surface area is 140 Å². The lowest BCUT2D eigenvalue weighted by atomic mass is 10.2. The van der Waals surface area contributed by atoms with Crippen LogP contribution in [0.3, 0.4) is 0 Å². The smallest absolute Gasteiger partial charge is 0.252 e. The summed E-state index contributed by atoms with van der Waals surface area (Å²) in [6.45, 7) is 0.0921. The van der Waals surface area contributed by atoms with Crippen LogP contribution in [0.1, 0.15) is 16.8 Å².